The molecule has 3 nitrogen and oxygen atoms in total. The molecule has 0 aromatic heterocycles. The molecule has 1 amide bonds. The highest BCUT2D eigenvalue weighted by atomic mass is 16.2. The molecule has 0 aliphatic rings. The zero-order valence-corrected chi connectivity index (χ0v) is 12.8. The van der Waals surface area contributed by atoms with Gasteiger partial charge in [0.15, 0.2) is 0 Å². The third kappa shape index (κ3) is 4.67. The fourth-order valence-electron chi connectivity index (χ4n) is 1.93. The Kier molecular flexibility index (Phi) is 5.55. The van der Waals surface area contributed by atoms with Crippen molar-refractivity contribution in [2.45, 2.75) is 32.6 Å². The van der Waals surface area contributed by atoms with Crippen LogP contribution in [-0.2, 0) is 5.41 Å². The van der Waals surface area contributed by atoms with Crippen LogP contribution in [-0.4, -0.2) is 38.0 Å². The third-order valence-corrected chi connectivity index (χ3v) is 3.26. The molecule has 1 N–H and O–H groups in total. The maximum atomic E-state index is 12.2. The number of carbonyl (C=O) groups excluding carboxylic acids is 1. The van der Waals surface area contributed by atoms with Gasteiger partial charge >= 0.3 is 0 Å². The van der Waals surface area contributed by atoms with E-state index < -0.39 is 0 Å². The van der Waals surface area contributed by atoms with Crippen molar-refractivity contribution in [1.82, 2.24) is 10.2 Å². The molecule has 0 saturated carbocycles. The highest BCUT2D eigenvalue weighted by Crippen LogP contribution is 2.22. The first-order valence-electron chi connectivity index (χ1n) is 6.87. The Morgan fingerprint density at radius 3 is 2.26 bits per heavy atom. The fourth-order valence-corrected chi connectivity index (χ4v) is 1.93. The van der Waals surface area contributed by atoms with Crippen LogP contribution < -0.4 is 5.32 Å². The summed E-state index contributed by atoms with van der Waals surface area (Å²) in [7, 11) is 3.78. The van der Waals surface area contributed by atoms with Crippen LogP contribution in [0.4, 0.5) is 0 Å². The minimum absolute atomic E-state index is 0.0940. The summed E-state index contributed by atoms with van der Waals surface area (Å²) in [5, 5.41) is 3.09. The van der Waals surface area contributed by atoms with Crippen molar-refractivity contribution in [1.29, 1.82) is 0 Å². The Labute approximate surface area is 117 Å². The molecule has 0 heterocycles. The Hall–Kier alpha value is -1.35. The maximum Gasteiger partial charge on any atom is 0.253 e. The molecular formula is C16H26N2O. The average Bonchev–Trinajstić information content (AvgIpc) is 2.37. The van der Waals surface area contributed by atoms with E-state index in [1.165, 1.54) is 5.56 Å². The number of hydrogen-bond acceptors (Lipinski definition) is 2. The van der Waals surface area contributed by atoms with Gasteiger partial charge < -0.3 is 10.2 Å². The van der Waals surface area contributed by atoms with Gasteiger partial charge in [-0.2, -0.15) is 0 Å². The molecular weight excluding hydrogens is 236 g/mol. The minimum atomic E-state index is 0.0940. The summed E-state index contributed by atoms with van der Waals surface area (Å²) < 4.78 is 0. The first-order chi connectivity index (χ1) is 8.86. The van der Waals surface area contributed by atoms with E-state index in [1.54, 1.807) is 4.90 Å². The molecule has 1 aromatic carbocycles. The van der Waals surface area contributed by atoms with E-state index in [-0.39, 0.29) is 11.3 Å². The Morgan fingerprint density at radius 2 is 1.79 bits per heavy atom. The minimum Gasteiger partial charge on any atom is -0.342 e. The molecule has 3 heteroatoms. The lowest BCUT2D eigenvalue weighted by Gasteiger charge is -2.20. The van der Waals surface area contributed by atoms with Gasteiger partial charge in [0.25, 0.3) is 5.91 Å². The number of benzene rings is 1. The van der Waals surface area contributed by atoms with Crippen LogP contribution in [0.2, 0.25) is 0 Å². The normalized spacial score (nSPS) is 11.4. The number of amides is 1. The zero-order valence-electron chi connectivity index (χ0n) is 12.8. The molecule has 1 rings (SSSR count). The van der Waals surface area contributed by atoms with Gasteiger partial charge in [0.2, 0.25) is 0 Å². The number of carbonyl (C=O) groups is 1. The van der Waals surface area contributed by atoms with Crippen LogP contribution in [0.25, 0.3) is 0 Å². The van der Waals surface area contributed by atoms with Crippen LogP contribution in [0.1, 0.15) is 43.1 Å². The van der Waals surface area contributed by atoms with Crippen molar-refractivity contribution in [3.63, 3.8) is 0 Å². The summed E-state index contributed by atoms with van der Waals surface area (Å²) in [5.74, 6) is 0.0940. The molecule has 0 spiro atoms. The number of nitrogens with one attached hydrogen (secondary N) is 1. The molecule has 0 atom stereocenters. The molecule has 0 unspecified atom stereocenters. The van der Waals surface area contributed by atoms with Crippen molar-refractivity contribution in [3.8, 4) is 0 Å². The number of nitrogens with zero attached hydrogens (tertiary/aromatic N) is 1. The average molecular weight is 262 g/mol. The monoisotopic (exact) mass is 262 g/mol. The molecule has 0 aliphatic carbocycles. The van der Waals surface area contributed by atoms with Gasteiger partial charge in [-0.15, -0.1) is 0 Å². The van der Waals surface area contributed by atoms with Gasteiger partial charge in [0.05, 0.1) is 0 Å². The van der Waals surface area contributed by atoms with Gasteiger partial charge in [-0.3, -0.25) is 4.79 Å². The fraction of sp³-hybridized carbons (Fsp3) is 0.562. The summed E-state index contributed by atoms with van der Waals surface area (Å²) in [4.78, 5) is 14.0. The second-order valence-corrected chi connectivity index (χ2v) is 6.01. The van der Waals surface area contributed by atoms with E-state index in [0.717, 1.165) is 25.1 Å². The van der Waals surface area contributed by atoms with E-state index in [1.807, 2.05) is 26.2 Å². The lowest BCUT2D eigenvalue weighted by atomic mass is 9.86. The maximum absolute atomic E-state index is 12.2. The van der Waals surface area contributed by atoms with Crippen molar-refractivity contribution in [2.24, 2.45) is 0 Å². The zero-order chi connectivity index (χ0) is 14.5. The second-order valence-electron chi connectivity index (χ2n) is 6.01. The lowest BCUT2D eigenvalue weighted by molar-refractivity contribution is 0.0793. The van der Waals surface area contributed by atoms with E-state index in [9.17, 15) is 4.79 Å². The van der Waals surface area contributed by atoms with Crippen LogP contribution >= 0.6 is 0 Å². The summed E-state index contributed by atoms with van der Waals surface area (Å²) in [6.07, 6.45) is 0.971. The van der Waals surface area contributed by atoms with Crippen molar-refractivity contribution < 1.29 is 4.79 Å². The summed E-state index contributed by atoms with van der Waals surface area (Å²) in [5.41, 5.74) is 2.14. The van der Waals surface area contributed by atoms with E-state index in [2.05, 4.69) is 38.2 Å². The lowest BCUT2D eigenvalue weighted by Crippen LogP contribution is -2.29. The highest BCUT2D eigenvalue weighted by Gasteiger charge is 2.15. The smallest absolute Gasteiger partial charge is 0.253 e. The Balaban J connectivity index is 2.67. The SMILES string of the molecule is CNCCCN(C)C(=O)c1ccc(C(C)(C)C)cc1. The summed E-state index contributed by atoms with van der Waals surface area (Å²) in [6, 6.07) is 7.96. The highest BCUT2D eigenvalue weighted by molar-refractivity contribution is 5.94. The Bertz CT molecular complexity index is 404. The second kappa shape index (κ2) is 6.71. The van der Waals surface area contributed by atoms with Crippen LogP contribution in [0.15, 0.2) is 24.3 Å². The summed E-state index contributed by atoms with van der Waals surface area (Å²) >= 11 is 0. The van der Waals surface area contributed by atoms with Crippen LogP contribution in [0.5, 0.6) is 0 Å². The molecule has 0 radical (unpaired) electrons. The first-order valence-corrected chi connectivity index (χ1v) is 6.87. The topological polar surface area (TPSA) is 32.3 Å². The van der Waals surface area contributed by atoms with Crippen molar-refractivity contribution in [3.05, 3.63) is 35.4 Å². The summed E-state index contributed by atoms with van der Waals surface area (Å²) in [6.45, 7) is 8.23. The Morgan fingerprint density at radius 1 is 1.21 bits per heavy atom. The molecule has 0 bridgehead atoms. The molecule has 0 aliphatic heterocycles. The van der Waals surface area contributed by atoms with E-state index in [4.69, 9.17) is 0 Å². The number of rotatable bonds is 5. The van der Waals surface area contributed by atoms with Gasteiger partial charge in [0, 0.05) is 19.2 Å². The predicted molar refractivity (Wildman–Crippen MR) is 80.6 cm³/mol. The van der Waals surface area contributed by atoms with Crippen molar-refractivity contribution >= 4 is 5.91 Å². The van der Waals surface area contributed by atoms with Gasteiger partial charge in [0.1, 0.15) is 0 Å². The largest absolute Gasteiger partial charge is 0.342 e. The van der Waals surface area contributed by atoms with Crippen molar-refractivity contribution in [2.75, 3.05) is 27.2 Å². The number of hydrogen-bond donors (Lipinski definition) is 1. The standard InChI is InChI=1S/C16H26N2O/c1-16(2,3)14-9-7-13(8-10-14)15(19)18(5)12-6-11-17-4/h7-10,17H,6,11-12H2,1-5H3. The van der Waals surface area contributed by atoms with E-state index in [0.29, 0.717) is 0 Å². The van der Waals surface area contributed by atoms with Crippen LogP contribution in [0, 0.1) is 0 Å². The third-order valence-electron chi connectivity index (χ3n) is 3.26. The van der Waals surface area contributed by atoms with Crippen LogP contribution in [0.3, 0.4) is 0 Å². The molecule has 0 saturated heterocycles. The van der Waals surface area contributed by atoms with Gasteiger partial charge in [-0.05, 0) is 43.1 Å². The molecule has 0 fully saturated rings. The van der Waals surface area contributed by atoms with Gasteiger partial charge in [-0.1, -0.05) is 32.9 Å². The molecule has 106 valence electrons. The molecule has 1 aromatic rings. The quantitative estimate of drug-likeness (QED) is 0.827. The van der Waals surface area contributed by atoms with E-state index >= 15 is 0 Å². The predicted octanol–water partition coefficient (Wildman–Crippen LogP) is 2.67. The molecule has 19 heavy (non-hydrogen) atoms. The van der Waals surface area contributed by atoms with Gasteiger partial charge in [-0.25, -0.2) is 0 Å². The first kappa shape index (κ1) is 15.7.